The summed E-state index contributed by atoms with van der Waals surface area (Å²) in [7, 11) is 0. The van der Waals surface area contributed by atoms with Crippen LogP contribution in [0.3, 0.4) is 0 Å². The second-order valence-corrected chi connectivity index (χ2v) is 4.87. The van der Waals surface area contributed by atoms with Crippen molar-refractivity contribution in [3.8, 4) is 0 Å². The van der Waals surface area contributed by atoms with Crippen molar-refractivity contribution in [2.24, 2.45) is 11.3 Å². The van der Waals surface area contributed by atoms with Gasteiger partial charge in [0.05, 0.1) is 15.5 Å². The number of carbonyl (C=O) groups is 1. The van der Waals surface area contributed by atoms with Crippen LogP contribution >= 0.6 is 23.2 Å². The fourth-order valence-corrected chi connectivity index (χ4v) is 2.31. The Morgan fingerprint density at radius 3 is 2.60 bits per heavy atom. The Labute approximate surface area is 98.6 Å². The van der Waals surface area contributed by atoms with Crippen molar-refractivity contribution in [1.82, 2.24) is 5.32 Å². The maximum atomic E-state index is 11.6. The largest absolute Gasteiger partial charge is 0.355 e. The zero-order valence-electron chi connectivity index (χ0n) is 8.15. The molecule has 0 aromatic heterocycles. The van der Waals surface area contributed by atoms with E-state index in [-0.39, 0.29) is 10.9 Å². The zero-order valence-corrected chi connectivity index (χ0v) is 9.66. The highest BCUT2D eigenvalue weighted by atomic mass is 35.5. The lowest BCUT2D eigenvalue weighted by Crippen LogP contribution is -2.25. The monoisotopic (exact) mass is 243 g/mol. The van der Waals surface area contributed by atoms with Gasteiger partial charge in [0.25, 0.3) is 0 Å². The van der Waals surface area contributed by atoms with Crippen molar-refractivity contribution >= 4 is 29.1 Å². The molecule has 1 saturated carbocycles. The van der Waals surface area contributed by atoms with Crippen molar-refractivity contribution in [3.63, 3.8) is 0 Å². The molecule has 2 rings (SSSR count). The minimum absolute atomic E-state index is 0.0541. The summed E-state index contributed by atoms with van der Waals surface area (Å²) in [4.78, 5) is 11.6. The fraction of sp³-hybridized carbons (Fsp3) is 0.364. The zero-order chi connectivity index (χ0) is 11.2. The molecule has 4 heteroatoms. The summed E-state index contributed by atoms with van der Waals surface area (Å²) in [5, 5.41) is 3.43. The van der Waals surface area contributed by atoms with E-state index in [9.17, 15) is 4.79 Å². The standard InChI is InChI=1S/C11H11Cl2NO/c1-6(3-9(13)7(2)12)11-4-8(11)5-14-10(11)15/h3,8H,1-2,4-5H2,(H,14,15)/b9-3+. The highest BCUT2D eigenvalue weighted by Crippen LogP contribution is 2.60. The van der Waals surface area contributed by atoms with Gasteiger partial charge < -0.3 is 5.32 Å². The predicted octanol–water partition coefficient (Wildman–Crippen LogP) is 2.55. The third-order valence-electron chi connectivity index (χ3n) is 3.15. The minimum Gasteiger partial charge on any atom is -0.355 e. The van der Waals surface area contributed by atoms with Gasteiger partial charge >= 0.3 is 0 Å². The van der Waals surface area contributed by atoms with Gasteiger partial charge in [-0.15, -0.1) is 0 Å². The second kappa shape index (κ2) is 3.39. The van der Waals surface area contributed by atoms with Gasteiger partial charge in [0.1, 0.15) is 0 Å². The number of amides is 1. The first-order valence-electron chi connectivity index (χ1n) is 4.68. The number of carbonyl (C=O) groups excluding carboxylic acids is 1. The molecule has 0 bridgehead atoms. The lowest BCUT2D eigenvalue weighted by molar-refractivity contribution is -0.123. The van der Waals surface area contributed by atoms with E-state index in [1.54, 1.807) is 6.08 Å². The molecular formula is C11H11Cl2NO. The van der Waals surface area contributed by atoms with Crippen LogP contribution in [0.1, 0.15) is 6.42 Å². The average Bonchev–Trinajstić information content (AvgIpc) is 2.82. The second-order valence-electron chi connectivity index (χ2n) is 4.00. The van der Waals surface area contributed by atoms with Crippen molar-refractivity contribution < 1.29 is 4.79 Å². The van der Waals surface area contributed by atoms with E-state index in [1.165, 1.54) is 0 Å². The molecule has 2 atom stereocenters. The number of fused-ring (bicyclic) bond motifs is 1. The summed E-state index contributed by atoms with van der Waals surface area (Å²) in [5.74, 6) is 0.431. The first kappa shape index (κ1) is 10.8. The molecule has 2 nitrogen and oxygen atoms in total. The van der Waals surface area contributed by atoms with Gasteiger partial charge in [-0.1, -0.05) is 36.4 Å². The van der Waals surface area contributed by atoms with E-state index in [1.807, 2.05) is 0 Å². The molecule has 0 aromatic carbocycles. The number of rotatable bonds is 3. The third kappa shape index (κ3) is 1.52. The molecule has 1 aliphatic carbocycles. The summed E-state index contributed by atoms with van der Waals surface area (Å²) < 4.78 is 0. The van der Waals surface area contributed by atoms with Crippen LogP contribution in [0.15, 0.2) is 34.9 Å². The molecule has 2 aliphatic rings. The Balaban J connectivity index is 2.20. The molecule has 15 heavy (non-hydrogen) atoms. The molecule has 0 spiro atoms. The van der Waals surface area contributed by atoms with Gasteiger partial charge in [0, 0.05) is 6.54 Å². The predicted molar refractivity (Wildman–Crippen MR) is 61.6 cm³/mol. The van der Waals surface area contributed by atoms with Crippen molar-refractivity contribution in [1.29, 1.82) is 0 Å². The molecular weight excluding hydrogens is 233 g/mol. The lowest BCUT2D eigenvalue weighted by atomic mass is 9.95. The number of nitrogens with one attached hydrogen (secondary N) is 1. The first-order chi connectivity index (χ1) is 6.98. The van der Waals surface area contributed by atoms with Gasteiger partial charge in [-0.3, -0.25) is 4.79 Å². The van der Waals surface area contributed by atoms with Crippen molar-refractivity contribution in [3.05, 3.63) is 34.9 Å². The molecule has 1 heterocycles. The normalized spacial score (nSPS) is 33.3. The van der Waals surface area contributed by atoms with Gasteiger partial charge in [-0.2, -0.15) is 0 Å². The number of halogens is 2. The Morgan fingerprint density at radius 1 is 1.53 bits per heavy atom. The van der Waals surface area contributed by atoms with Crippen LogP contribution in [-0.2, 0) is 4.79 Å². The molecule has 0 aromatic rings. The van der Waals surface area contributed by atoms with E-state index in [0.29, 0.717) is 11.0 Å². The maximum Gasteiger partial charge on any atom is 0.231 e. The minimum atomic E-state index is -0.410. The van der Waals surface area contributed by atoms with Gasteiger partial charge in [-0.05, 0) is 24.0 Å². The van der Waals surface area contributed by atoms with Crippen LogP contribution in [0, 0.1) is 11.3 Å². The van der Waals surface area contributed by atoms with Crippen LogP contribution in [0.4, 0.5) is 0 Å². The SMILES string of the molecule is C=C(Cl)/C(Cl)=C\C(=C)C12CC1CNC2=O. The third-order valence-corrected chi connectivity index (χ3v) is 3.79. The average molecular weight is 244 g/mol. The first-order valence-corrected chi connectivity index (χ1v) is 5.43. The van der Waals surface area contributed by atoms with Gasteiger partial charge in [0.15, 0.2) is 0 Å². The smallest absolute Gasteiger partial charge is 0.231 e. The van der Waals surface area contributed by atoms with E-state index in [4.69, 9.17) is 23.2 Å². The summed E-state index contributed by atoms with van der Waals surface area (Å²) in [6.07, 6.45) is 2.51. The molecule has 1 aliphatic heterocycles. The van der Waals surface area contributed by atoms with E-state index < -0.39 is 5.41 Å². The topological polar surface area (TPSA) is 29.1 Å². The Bertz CT molecular complexity index is 399. The summed E-state index contributed by atoms with van der Waals surface area (Å²) in [6.45, 7) is 8.16. The van der Waals surface area contributed by atoms with Crippen LogP contribution < -0.4 is 5.32 Å². The molecule has 0 radical (unpaired) electrons. The van der Waals surface area contributed by atoms with E-state index >= 15 is 0 Å². The highest BCUT2D eigenvalue weighted by Gasteiger charge is 2.64. The van der Waals surface area contributed by atoms with Crippen molar-refractivity contribution in [2.75, 3.05) is 6.54 Å². The fourth-order valence-electron chi connectivity index (χ4n) is 2.13. The Hall–Kier alpha value is -0.730. The maximum absolute atomic E-state index is 11.6. The molecule has 1 saturated heterocycles. The quantitative estimate of drug-likeness (QED) is 0.759. The van der Waals surface area contributed by atoms with Crippen LogP contribution in [0.5, 0.6) is 0 Å². The molecule has 1 N–H and O–H groups in total. The number of hydrogen-bond acceptors (Lipinski definition) is 1. The van der Waals surface area contributed by atoms with Crippen LogP contribution in [0.2, 0.25) is 0 Å². The van der Waals surface area contributed by atoms with Crippen LogP contribution in [0.25, 0.3) is 0 Å². The number of hydrogen-bond donors (Lipinski definition) is 1. The summed E-state index contributed by atoms with van der Waals surface area (Å²) in [5.41, 5.74) is 0.321. The number of allylic oxidation sites excluding steroid dienone is 3. The molecule has 80 valence electrons. The summed E-state index contributed by atoms with van der Waals surface area (Å²) in [6, 6.07) is 0. The van der Waals surface area contributed by atoms with Crippen LogP contribution in [-0.4, -0.2) is 12.5 Å². The number of piperidine rings is 1. The lowest BCUT2D eigenvalue weighted by Gasteiger charge is -2.10. The Kier molecular flexibility index (Phi) is 2.44. The van der Waals surface area contributed by atoms with Crippen molar-refractivity contribution in [2.45, 2.75) is 6.42 Å². The molecule has 2 unspecified atom stereocenters. The molecule has 2 fully saturated rings. The van der Waals surface area contributed by atoms with Gasteiger partial charge in [-0.25, -0.2) is 0 Å². The Morgan fingerprint density at radius 2 is 2.20 bits per heavy atom. The summed E-state index contributed by atoms with van der Waals surface area (Å²) >= 11 is 11.5. The van der Waals surface area contributed by atoms with E-state index in [0.717, 1.165) is 18.5 Å². The highest BCUT2D eigenvalue weighted by molar-refractivity contribution is 6.43. The molecule has 1 amide bonds. The van der Waals surface area contributed by atoms with E-state index in [2.05, 4.69) is 18.5 Å². The van der Waals surface area contributed by atoms with Gasteiger partial charge in [0.2, 0.25) is 5.91 Å².